The molecule has 1 aliphatic heterocycles. The minimum Gasteiger partial charge on any atom is -0.494 e. The van der Waals surface area contributed by atoms with Gasteiger partial charge in [-0.05, 0) is 32.0 Å². The number of rotatable bonds is 4. The number of benzene rings is 1. The van der Waals surface area contributed by atoms with Crippen LogP contribution in [0, 0.1) is 6.92 Å². The third-order valence-corrected chi connectivity index (χ3v) is 4.73. The van der Waals surface area contributed by atoms with Crippen molar-refractivity contribution in [3.8, 4) is 11.6 Å². The molecule has 138 valence electrons. The van der Waals surface area contributed by atoms with Gasteiger partial charge < -0.3 is 10.1 Å². The van der Waals surface area contributed by atoms with Crippen molar-refractivity contribution in [2.75, 3.05) is 11.9 Å². The number of aryl methyl sites for hydroxylation is 1. The van der Waals surface area contributed by atoms with E-state index in [4.69, 9.17) is 16.3 Å². The highest BCUT2D eigenvalue weighted by Crippen LogP contribution is 2.42. The molecule has 0 aliphatic carbocycles. The summed E-state index contributed by atoms with van der Waals surface area (Å²) in [6, 6.07) is 11.2. The van der Waals surface area contributed by atoms with E-state index in [1.165, 1.54) is 0 Å². The number of nitrogens with zero attached hydrogens (tertiary/aromatic N) is 4. The highest BCUT2D eigenvalue weighted by atomic mass is 35.5. The van der Waals surface area contributed by atoms with Crippen molar-refractivity contribution in [3.63, 3.8) is 0 Å². The average Bonchev–Trinajstić information content (AvgIpc) is 2.99. The van der Waals surface area contributed by atoms with Crippen molar-refractivity contribution in [2.45, 2.75) is 26.2 Å². The zero-order valence-electron chi connectivity index (χ0n) is 14.9. The molecule has 4 rings (SSSR count). The molecule has 2 aromatic heterocycles. The van der Waals surface area contributed by atoms with Gasteiger partial charge in [0.2, 0.25) is 5.91 Å². The quantitative estimate of drug-likeness (QED) is 0.745. The zero-order chi connectivity index (χ0) is 19.0. The Morgan fingerprint density at radius 2 is 2.07 bits per heavy atom. The van der Waals surface area contributed by atoms with Crippen LogP contribution in [0.1, 0.15) is 36.1 Å². The molecule has 1 unspecified atom stereocenters. The van der Waals surface area contributed by atoms with E-state index in [1.807, 2.05) is 38.1 Å². The molecule has 1 amide bonds. The van der Waals surface area contributed by atoms with Crippen LogP contribution in [0.25, 0.3) is 5.82 Å². The van der Waals surface area contributed by atoms with Crippen LogP contribution in [0.3, 0.4) is 0 Å². The predicted molar refractivity (Wildman–Crippen MR) is 102 cm³/mol. The lowest BCUT2D eigenvalue weighted by Gasteiger charge is -2.25. The number of hydrogen-bond acceptors (Lipinski definition) is 5. The Kier molecular flexibility index (Phi) is 4.53. The molecular weight excluding hydrogens is 366 g/mol. The Labute approximate surface area is 161 Å². The first-order valence-electron chi connectivity index (χ1n) is 8.69. The standard InChI is InChI=1S/C19H18ClN5O2/c1-3-27-14-7-5-4-6-12(14)13-10-17(26)21-19-18(13)11(2)24-25(19)16-9-8-15(20)22-23-16/h4-9,13H,3,10H2,1-2H3,(H,21,26). The molecule has 27 heavy (non-hydrogen) atoms. The van der Waals surface area contributed by atoms with E-state index in [1.54, 1.807) is 16.8 Å². The monoisotopic (exact) mass is 383 g/mol. The Bertz CT molecular complexity index is 1000. The molecule has 0 bridgehead atoms. The van der Waals surface area contributed by atoms with E-state index >= 15 is 0 Å². The van der Waals surface area contributed by atoms with Gasteiger partial charge in [0.25, 0.3) is 0 Å². The van der Waals surface area contributed by atoms with Crippen LogP contribution in [-0.2, 0) is 4.79 Å². The molecule has 1 atom stereocenters. The summed E-state index contributed by atoms with van der Waals surface area (Å²) in [5.74, 6) is 1.65. The van der Waals surface area contributed by atoms with Crippen molar-refractivity contribution < 1.29 is 9.53 Å². The number of nitrogens with one attached hydrogen (secondary N) is 1. The van der Waals surface area contributed by atoms with E-state index in [0.29, 0.717) is 29.8 Å². The molecule has 3 aromatic rings. The van der Waals surface area contributed by atoms with Gasteiger partial charge in [0.05, 0.1) is 12.3 Å². The number of fused-ring (bicyclic) bond motifs is 1. The Balaban J connectivity index is 1.86. The molecule has 0 spiro atoms. The molecule has 1 N–H and O–H groups in total. The average molecular weight is 384 g/mol. The summed E-state index contributed by atoms with van der Waals surface area (Å²) in [5, 5.41) is 15.8. The topological polar surface area (TPSA) is 81.9 Å². The van der Waals surface area contributed by atoms with E-state index in [9.17, 15) is 4.79 Å². The summed E-state index contributed by atoms with van der Waals surface area (Å²) < 4.78 is 7.39. The predicted octanol–water partition coefficient (Wildman–Crippen LogP) is 3.50. The Hall–Kier alpha value is -2.93. The molecule has 0 saturated heterocycles. The van der Waals surface area contributed by atoms with Crippen molar-refractivity contribution in [1.82, 2.24) is 20.0 Å². The zero-order valence-corrected chi connectivity index (χ0v) is 15.7. The van der Waals surface area contributed by atoms with E-state index in [0.717, 1.165) is 22.6 Å². The molecule has 0 radical (unpaired) electrons. The van der Waals surface area contributed by atoms with Crippen molar-refractivity contribution in [3.05, 3.63) is 58.4 Å². The second kappa shape index (κ2) is 7.00. The third-order valence-electron chi connectivity index (χ3n) is 4.53. The fourth-order valence-electron chi connectivity index (χ4n) is 3.46. The van der Waals surface area contributed by atoms with Gasteiger partial charge >= 0.3 is 0 Å². The van der Waals surface area contributed by atoms with Gasteiger partial charge in [0.1, 0.15) is 11.6 Å². The highest BCUT2D eigenvalue weighted by molar-refractivity contribution is 6.29. The van der Waals surface area contributed by atoms with Crippen LogP contribution < -0.4 is 10.1 Å². The summed E-state index contributed by atoms with van der Waals surface area (Å²) in [6.45, 7) is 4.42. The maximum atomic E-state index is 12.5. The van der Waals surface area contributed by atoms with Gasteiger partial charge in [-0.25, -0.2) is 0 Å². The lowest BCUT2D eigenvalue weighted by molar-refractivity contribution is -0.116. The normalized spacial score (nSPS) is 16.0. The number of hydrogen-bond donors (Lipinski definition) is 1. The summed E-state index contributed by atoms with van der Waals surface area (Å²) in [7, 11) is 0. The Morgan fingerprint density at radius 1 is 1.26 bits per heavy atom. The van der Waals surface area contributed by atoms with Crippen molar-refractivity contribution >= 4 is 23.3 Å². The lowest BCUT2D eigenvalue weighted by atomic mass is 9.85. The number of amides is 1. The number of anilines is 1. The number of carbonyl (C=O) groups is 1. The molecule has 3 heterocycles. The minimum atomic E-state index is -0.148. The van der Waals surface area contributed by atoms with Crippen molar-refractivity contribution in [2.24, 2.45) is 0 Å². The lowest BCUT2D eigenvalue weighted by Crippen LogP contribution is -2.25. The van der Waals surface area contributed by atoms with Crippen molar-refractivity contribution in [1.29, 1.82) is 0 Å². The minimum absolute atomic E-state index is 0.0816. The van der Waals surface area contributed by atoms with Gasteiger partial charge in [-0.3, -0.25) is 4.79 Å². The number of ether oxygens (including phenoxy) is 1. The van der Waals surface area contributed by atoms with Gasteiger partial charge in [0.15, 0.2) is 11.0 Å². The number of para-hydroxylation sites is 1. The second-order valence-corrected chi connectivity index (χ2v) is 6.64. The fourth-order valence-corrected chi connectivity index (χ4v) is 3.56. The summed E-state index contributed by atoms with van der Waals surface area (Å²) >= 11 is 5.83. The molecule has 0 fully saturated rings. The molecule has 7 nitrogen and oxygen atoms in total. The van der Waals surface area contributed by atoms with Crippen LogP contribution in [-0.4, -0.2) is 32.5 Å². The fraction of sp³-hybridized carbons (Fsp3) is 0.263. The maximum Gasteiger partial charge on any atom is 0.226 e. The first-order valence-corrected chi connectivity index (χ1v) is 9.07. The molecular formula is C19H18ClN5O2. The van der Waals surface area contributed by atoms with Crippen LogP contribution >= 0.6 is 11.6 Å². The summed E-state index contributed by atoms with van der Waals surface area (Å²) in [6.07, 6.45) is 0.329. The molecule has 1 aliphatic rings. The summed E-state index contributed by atoms with van der Waals surface area (Å²) in [5.41, 5.74) is 2.75. The van der Waals surface area contributed by atoms with Gasteiger partial charge in [0, 0.05) is 23.5 Å². The Morgan fingerprint density at radius 3 is 2.81 bits per heavy atom. The van der Waals surface area contributed by atoms with E-state index < -0.39 is 0 Å². The number of carbonyl (C=O) groups excluding carboxylic acids is 1. The molecule has 8 heteroatoms. The third kappa shape index (κ3) is 3.14. The highest BCUT2D eigenvalue weighted by Gasteiger charge is 2.34. The molecule has 0 saturated carbocycles. The van der Waals surface area contributed by atoms with Crippen LogP contribution in [0.15, 0.2) is 36.4 Å². The van der Waals surface area contributed by atoms with Crippen LogP contribution in [0.5, 0.6) is 5.75 Å². The van der Waals surface area contributed by atoms with Gasteiger partial charge in [-0.15, -0.1) is 10.2 Å². The van der Waals surface area contributed by atoms with Crippen LogP contribution in [0.2, 0.25) is 5.15 Å². The molecule has 1 aromatic carbocycles. The maximum absolute atomic E-state index is 12.5. The first kappa shape index (κ1) is 17.5. The van der Waals surface area contributed by atoms with Gasteiger partial charge in [-0.1, -0.05) is 29.8 Å². The SMILES string of the molecule is CCOc1ccccc1C1CC(=O)Nc2c1c(C)nn2-c1ccc(Cl)nn1. The second-order valence-electron chi connectivity index (χ2n) is 6.25. The van der Waals surface area contributed by atoms with E-state index in [2.05, 4.69) is 20.6 Å². The summed E-state index contributed by atoms with van der Waals surface area (Å²) in [4.78, 5) is 12.5. The van der Waals surface area contributed by atoms with E-state index in [-0.39, 0.29) is 11.8 Å². The van der Waals surface area contributed by atoms with Gasteiger partial charge in [-0.2, -0.15) is 9.78 Å². The van der Waals surface area contributed by atoms with Crippen LogP contribution in [0.4, 0.5) is 5.82 Å². The largest absolute Gasteiger partial charge is 0.494 e. The first-order chi connectivity index (χ1) is 13.1. The number of halogens is 1. The smallest absolute Gasteiger partial charge is 0.226 e. The number of aromatic nitrogens is 4.